The fourth-order valence-electron chi connectivity index (χ4n) is 2.43. The molecule has 2 rings (SSSR count). The summed E-state index contributed by atoms with van der Waals surface area (Å²) in [6.07, 6.45) is 1.81. The Bertz CT molecular complexity index is 431. The topological polar surface area (TPSA) is 41.5 Å². The SMILES string of the molecule is Cc1ccc(CC2(O)CCNCC2)cc1OC(F)F. The van der Waals surface area contributed by atoms with Crippen LogP contribution in [0.25, 0.3) is 0 Å². The predicted molar refractivity (Wildman–Crippen MR) is 68.6 cm³/mol. The number of hydrogen-bond donors (Lipinski definition) is 2. The number of aliphatic hydroxyl groups is 1. The van der Waals surface area contributed by atoms with Crippen LogP contribution in [0.3, 0.4) is 0 Å². The molecule has 1 aromatic carbocycles. The number of hydrogen-bond acceptors (Lipinski definition) is 3. The number of aryl methyl sites for hydroxylation is 1. The highest BCUT2D eigenvalue weighted by Gasteiger charge is 2.29. The first-order valence-corrected chi connectivity index (χ1v) is 6.46. The fraction of sp³-hybridized carbons (Fsp3) is 0.571. The van der Waals surface area contributed by atoms with Crippen molar-refractivity contribution >= 4 is 0 Å². The van der Waals surface area contributed by atoms with Crippen molar-refractivity contribution < 1.29 is 18.6 Å². The average molecular weight is 271 g/mol. The van der Waals surface area contributed by atoms with Gasteiger partial charge < -0.3 is 15.2 Å². The molecule has 2 N–H and O–H groups in total. The van der Waals surface area contributed by atoms with E-state index in [1.807, 2.05) is 6.07 Å². The third kappa shape index (κ3) is 3.88. The molecule has 1 aliphatic rings. The van der Waals surface area contributed by atoms with E-state index >= 15 is 0 Å². The van der Waals surface area contributed by atoms with Gasteiger partial charge in [-0.3, -0.25) is 0 Å². The number of piperidine rings is 1. The van der Waals surface area contributed by atoms with E-state index in [-0.39, 0.29) is 5.75 Å². The third-order valence-electron chi connectivity index (χ3n) is 3.54. The largest absolute Gasteiger partial charge is 0.435 e. The molecule has 1 heterocycles. The molecule has 0 atom stereocenters. The lowest BCUT2D eigenvalue weighted by molar-refractivity contribution is -0.0503. The maximum atomic E-state index is 12.3. The molecule has 5 heteroatoms. The summed E-state index contributed by atoms with van der Waals surface area (Å²) in [4.78, 5) is 0. The van der Waals surface area contributed by atoms with Gasteiger partial charge in [-0.05, 0) is 50.0 Å². The van der Waals surface area contributed by atoms with Crippen LogP contribution in [0, 0.1) is 6.92 Å². The minimum absolute atomic E-state index is 0.185. The van der Waals surface area contributed by atoms with Gasteiger partial charge in [-0.15, -0.1) is 0 Å². The molecule has 0 aromatic heterocycles. The molecule has 0 spiro atoms. The van der Waals surface area contributed by atoms with Crippen LogP contribution in [0.4, 0.5) is 8.78 Å². The van der Waals surface area contributed by atoms with Crippen LogP contribution >= 0.6 is 0 Å². The highest BCUT2D eigenvalue weighted by atomic mass is 19.3. The summed E-state index contributed by atoms with van der Waals surface area (Å²) in [5, 5.41) is 13.6. The lowest BCUT2D eigenvalue weighted by atomic mass is 9.86. The van der Waals surface area contributed by atoms with E-state index in [2.05, 4.69) is 10.1 Å². The Kier molecular flexibility index (Phi) is 4.37. The van der Waals surface area contributed by atoms with E-state index in [1.54, 1.807) is 19.1 Å². The summed E-state index contributed by atoms with van der Waals surface area (Å²) >= 11 is 0. The van der Waals surface area contributed by atoms with E-state index in [4.69, 9.17) is 0 Å². The Morgan fingerprint density at radius 1 is 1.37 bits per heavy atom. The molecular weight excluding hydrogens is 252 g/mol. The van der Waals surface area contributed by atoms with Crippen LogP contribution in [0.1, 0.15) is 24.0 Å². The van der Waals surface area contributed by atoms with Crippen molar-refractivity contribution in [2.75, 3.05) is 13.1 Å². The molecule has 106 valence electrons. The summed E-state index contributed by atoms with van der Waals surface area (Å²) in [6, 6.07) is 5.20. The van der Waals surface area contributed by atoms with Gasteiger partial charge in [-0.2, -0.15) is 8.78 Å². The third-order valence-corrected chi connectivity index (χ3v) is 3.54. The van der Waals surface area contributed by atoms with Crippen LogP contribution in [0.5, 0.6) is 5.75 Å². The molecule has 1 aliphatic heterocycles. The molecule has 1 fully saturated rings. The molecule has 0 amide bonds. The summed E-state index contributed by atoms with van der Waals surface area (Å²) in [6.45, 7) is 0.461. The summed E-state index contributed by atoms with van der Waals surface area (Å²) in [7, 11) is 0. The van der Waals surface area contributed by atoms with Crippen molar-refractivity contribution in [1.82, 2.24) is 5.32 Å². The van der Waals surface area contributed by atoms with Gasteiger partial charge in [0, 0.05) is 6.42 Å². The summed E-state index contributed by atoms with van der Waals surface area (Å²) in [5.74, 6) is 0.185. The van der Waals surface area contributed by atoms with Crippen LogP contribution < -0.4 is 10.1 Å². The predicted octanol–water partition coefficient (Wildman–Crippen LogP) is 2.25. The van der Waals surface area contributed by atoms with Crippen LogP contribution in [0.15, 0.2) is 18.2 Å². The Morgan fingerprint density at radius 3 is 2.68 bits per heavy atom. The van der Waals surface area contributed by atoms with Crippen molar-refractivity contribution in [1.29, 1.82) is 0 Å². The average Bonchev–Trinajstić information content (AvgIpc) is 2.33. The van der Waals surface area contributed by atoms with Gasteiger partial charge in [-0.25, -0.2) is 0 Å². The number of halogens is 2. The Balaban J connectivity index is 2.11. The van der Waals surface area contributed by atoms with Gasteiger partial charge in [0.05, 0.1) is 5.60 Å². The van der Waals surface area contributed by atoms with E-state index in [1.165, 1.54) is 0 Å². The second-order valence-corrected chi connectivity index (χ2v) is 5.13. The molecule has 19 heavy (non-hydrogen) atoms. The van der Waals surface area contributed by atoms with Crippen molar-refractivity contribution in [3.63, 3.8) is 0 Å². The maximum Gasteiger partial charge on any atom is 0.387 e. The lowest BCUT2D eigenvalue weighted by Gasteiger charge is -2.32. The smallest absolute Gasteiger partial charge is 0.387 e. The standard InChI is InChI=1S/C14H19F2NO2/c1-10-2-3-11(8-12(10)19-13(15)16)9-14(18)4-6-17-7-5-14/h2-3,8,13,17-18H,4-7,9H2,1H3. The number of benzene rings is 1. The highest BCUT2D eigenvalue weighted by molar-refractivity contribution is 5.37. The Labute approximate surface area is 111 Å². The van der Waals surface area contributed by atoms with Gasteiger partial charge in [0.2, 0.25) is 0 Å². The zero-order valence-electron chi connectivity index (χ0n) is 11.0. The molecule has 1 saturated heterocycles. The van der Waals surface area contributed by atoms with Gasteiger partial charge in [0.15, 0.2) is 0 Å². The minimum Gasteiger partial charge on any atom is -0.435 e. The zero-order valence-corrected chi connectivity index (χ0v) is 11.0. The molecule has 0 unspecified atom stereocenters. The molecular formula is C14H19F2NO2. The summed E-state index contributed by atoms with van der Waals surface area (Å²) < 4.78 is 29.1. The van der Waals surface area contributed by atoms with E-state index in [0.29, 0.717) is 24.8 Å². The number of nitrogens with one attached hydrogen (secondary N) is 1. The Morgan fingerprint density at radius 2 is 2.05 bits per heavy atom. The van der Waals surface area contributed by atoms with Crippen LogP contribution in [0.2, 0.25) is 0 Å². The van der Waals surface area contributed by atoms with Gasteiger partial charge in [0.1, 0.15) is 5.75 Å². The van der Waals surface area contributed by atoms with E-state index in [0.717, 1.165) is 18.7 Å². The van der Waals surface area contributed by atoms with E-state index < -0.39 is 12.2 Å². The first-order valence-electron chi connectivity index (χ1n) is 6.46. The molecule has 0 bridgehead atoms. The van der Waals surface area contributed by atoms with Crippen molar-refractivity contribution in [2.45, 2.75) is 38.4 Å². The van der Waals surface area contributed by atoms with Crippen molar-refractivity contribution in [3.05, 3.63) is 29.3 Å². The summed E-state index contributed by atoms with van der Waals surface area (Å²) in [5.41, 5.74) is 0.745. The van der Waals surface area contributed by atoms with E-state index in [9.17, 15) is 13.9 Å². The first kappa shape index (κ1) is 14.2. The number of ether oxygens (including phenoxy) is 1. The van der Waals surface area contributed by atoms with Crippen molar-refractivity contribution in [2.24, 2.45) is 0 Å². The van der Waals surface area contributed by atoms with Crippen molar-refractivity contribution in [3.8, 4) is 5.75 Å². The molecule has 0 aliphatic carbocycles. The molecule has 0 saturated carbocycles. The van der Waals surface area contributed by atoms with Crippen LogP contribution in [-0.2, 0) is 6.42 Å². The molecule has 1 aromatic rings. The minimum atomic E-state index is -2.82. The fourth-order valence-corrected chi connectivity index (χ4v) is 2.43. The first-order chi connectivity index (χ1) is 8.98. The van der Waals surface area contributed by atoms with Gasteiger partial charge in [-0.1, -0.05) is 12.1 Å². The second-order valence-electron chi connectivity index (χ2n) is 5.13. The normalized spacial score (nSPS) is 18.6. The highest BCUT2D eigenvalue weighted by Crippen LogP contribution is 2.27. The zero-order chi connectivity index (χ0) is 13.9. The lowest BCUT2D eigenvalue weighted by Crippen LogP contribution is -2.43. The van der Waals surface area contributed by atoms with Gasteiger partial charge in [0.25, 0.3) is 0 Å². The maximum absolute atomic E-state index is 12.3. The number of rotatable bonds is 4. The Hall–Kier alpha value is -1.20. The van der Waals surface area contributed by atoms with Crippen LogP contribution in [-0.4, -0.2) is 30.4 Å². The quantitative estimate of drug-likeness (QED) is 0.882. The second kappa shape index (κ2) is 5.84. The number of alkyl halides is 2. The van der Waals surface area contributed by atoms with Gasteiger partial charge >= 0.3 is 6.61 Å². The monoisotopic (exact) mass is 271 g/mol. The molecule has 3 nitrogen and oxygen atoms in total. The molecule has 0 radical (unpaired) electrons.